The summed E-state index contributed by atoms with van der Waals surface area (Å²) in [5.74, 6) is 5.03. The highest BCUT2D eigenvalue weighted by molar-refractivity contribution is 5.28. The third-order valence-electron chi connectivity index (χ3n) is 3.38. The molecule has 1 atom stereocenters. The molecule has 0 aliphatic rings. The lowest BCUT2D eigenvalue weighted by Crippen LogP contribution is -2.31. The van der Waals surface area contributed by atoms with Gasteiger partial charge in [-0.1, -0.05) is 0 Å². The van der Waals surface area contributed by atoms with Crippen molar-refractivity contribution in [2.24, 2.45) is 5.84 Å². The Balaban J connectivity index is 2.32. The first-order valence-corrected chi connectivity index (χ1v) is 6.74. The van der Waals surface area contributed by atoms with Gasteiger partial charge in [0.25, 0.3) is 0 Å². The highest BCUT2D eigenvalue weighted by Crippen LogP contribution is 2.23. The summed E-state index contributed by atoms with van der Waals surface area (Å²) in [5, 5.41) is 4.13. The fourth-order valence-electron chi connectivity index (χ4n) is 2.24. The second-order valence-corrected chi connectivity index (χ2v) is 5.26. The van der Waals surface area contributed by atoms with Crippen molar-refractivity contribution in [3.63, 3.8) is 0 Å². The normalized spacial score (nSPS) is 12.9. The van der Waals surface area contributed by atoms with E-state index in [4.69, 9.17) is 5.84 Å². The second kappa shape index (κ2) is 6.28. The van der Waals surface area contributed by atoms with Gasteiger partial charge in [-0.25, -0.2) is 18.4 Å². The van der Waals surface area contributed by atoms with Crippen molar-refractivity contribution in [3.05, 3.63) is 47.0 Å². The minimum atomic E-state index is -0.628. The fraction of sp³-hybridized carbons (Fsp3) is 0.429. The van der Waals surface area contributed by atoms with Crippen LogP contribution in [0.4, 0.5) is 8.78 Å². The van der Waals surface area contributed by atoms with E-state index in [0.29, 0.717) is 23.4 Å². The maximum absolute atomic E-state index is 14.0. The average Bonchev–Trinajstić information content (AvgIpc) is 2.89. The van der Waals surface area contributed by atoms with Crippen LogP contribution < -0.4 is 11.3 Å². The molecule has 2 aromatic rings. The Kier molecular flexibility index (Phi) is 4.64. The number of aryl methyl sites for hydroxylation is 1. The Morgan fingerprint density at radius 2 is 2.00 bits per heavy atom. The summed E-state index contributed by atoms with van der Waals surface area (Å²) in [4.78, 5) is 4.18. The predicted molar refractivity (Wildman–Crippen MR) is 75.3 cm³/mol. The van der Waals surface area contributed by atoms with Crippen LogP contribution in [0.1, 0.15) is 42.9 Å². The molecule has 2 rings (SSSR count). The van der Waals surface area contributed by atoms with E-state index in [1.807, 2.05) is 13.8 Å². The van der Waals surface area contributed by atoms with E-state index in [9.17, 15) is 8.78 Å². The fourth-order valence-corrected chi connectivity index (χ4v) is 2.24. The smallest absolute Gasteiger partial charge is 0.138 e. The van der Waals surface area contributed by atoms with Crippen LogP contribution in [0, 0.1) is 18.6 Å². The Bertz CT molecular complexity index is 624. The van der Waals surface area contributed by atoms with Crippen LogP contribution in [0.25, 0.3) is 0 Å². The molecular weight excluding hydrogens is 276 g/mol. The third kappa shape index (κ3) is 3.25. The zero-order chi connectivity index (χ0) is 15.6. The summed E-state index contributed by atoms with van der Waals surface area (Å²) in [6.45, 7) is 5.54. The molecule has 0 amide bonds. The topological polar surface area (TPSA) is 68.8 Å². The molecule has 7 heteroatoms. The van der Waals surface area contributed by atoms with Crippen molar-refractivity contribution in [2.45, 2.75) is 39.3 Å². The Labute approximate surface area is 122 Å². The quantitative estimate of drug-likeness (QED) is 0.655. The van der Waals surface area contributed by atoms with Gasteiger partial charge in [0.1, 0.15) is 23.8 Å². The Hall–Kier alpha value is -1.86. The van der Waals surface area contributed by atoms with Crippen LogP contribution in [0.15, 0.2) is 18.5 Å². The first kappa shape index (κ1) is 15.5. The van der Waals surface area contributed by atoms with Crippen LogP contribution >= 0.6 is 0 Å². The molecule has 0 fully saturated rings. The molecule has 1 unspecified atom stereocenters. The number of nitrogens with two attached hydrogens (primary N) is 1. The molecule has 0 aliphatic carbocycles. The first-order valence-electron chi connectivity index (χ1n) is 6.74. The molecule has 21 heavy (non-hydrogen) atoms. The van der Waals surface area contributed by atoms with Gasteiger partial charge in [-0.05, 0) is 32.4 Å². The standard InChI is InChI=1S/C14H19F2N5/c1-8(2)21-14(18-7-19-21)6-13(20-17)10-4-9(3)11(15)5-12(10)16/h4-5,7-8,13,20H,6,17H2,1-3H3. The highest BCUT2D eigenvalue weighted by atomic mass is 19.1. The van der Waals surface area contributed by atoms with Gasteiger partial charge < -0.3 is 0 Å². The van der Waals surface area contributed by atoms with Crippen LogP contribution in [-0.2, 0) is 6.42 Å². The molecule has 0 bridgehead atoms. The van der Waals surface area contributed by atoms with Gasteiger partial charge in [-0.15, -0.1) is 0 Å². The molecule has 0 radical (unpaired) electrons. The summed E-state index contributed by atoms with van der Waals surface area (Å²) in [6.07, 6.45) is 1.81. The van der Waals surface area contributed by atoms with Crippen LogP contribution in [0.2, 0.25) is 0 Å². The van der Waals surface area contributed by atoms with E-state index in [1.54, 1.807) is 11.6 Å². The number of hydrogen-bond acceptors (Lipinski definition) is 4. The minimum absolute atomic E-state index is 0.140. The number of benzene rings is 1. The van der Waals surface area contributed by atoms with Crippen molar-refractivity contribution in [1.29, 1.82) is 0 Å². The Morgan fingerprint density at radius 3 is 2.62 bits per heavy atom. The van der Waals surface area contributed by atoms with Gasteiger partial charge in [0, 0.05) is 24.1 Å². The van der Waals surface area contributed by atoms with E-state index in [1.165, 1.54) is 12.4 Å². The predicted octanol–water partition coefficient (Wildman–Crippen LogP) is 2.19. The number of hydrogen-bond donors (Lipinski definition) is 2. The third-order valence-corrected chi connectivity index (χ3v) is 3.38. The summed E-state index contributed by atoms with van der Waals surface area (Å²) < 4.78 is 29.1. The molecule has 0 saturated heterocycles. The zero-order valence-electron chi connectivity index (χ0n) is 12.3. The summed E-state index contributed by atoms with van der Waals surface area (Å²) in [7, 11) is 0. The van der Waals surface area contributed by atoms with Gasteiger partial charge in [-0.2, -0.15) is 5.10 Å². The number of rotatable bonds is 5. The molecule has 0 saturated carbocycles. The van der Waals surface area contributed by atoms with Crippen molar-refractivity contribution < 1.29 is 8.78 Å². The SMILES string of the molecule is Cc1cc(C(Cc2ncnn2C(C)C)NN)c(F)cc1F. The van der Waals surface area contributed by atoms with Crippen molar-refractivity contribution in [2.75, 3.05) is 0 Å². The Morgan fingerprint density at radius 1 is 1.29 bits per heavy atom. The van der Waals surface area contributed by atoms with Gasteiger partial charge in [-0.3, -0.25) is 11.3 Å². The first-order chi connectivity index (χ1) is 9.93. The van der Waals surface area contributed by atoms with Gasteiger partial charge in [0.2, 0.25) is 0 Å². The van der Waals surface area contributed by atoms with E-state index < -0.39 is 17.7 Å². The summed E-state index contributed by atoms with van der Waals surface area (Å²) in [6, 6.07) is 1.97. The van der Waals surface area contributed by atoms with E-state index >= 15 is 0 Å². The number of nitrogens with one attached hydrogen (secondary N) is 1. The largest absolute Gasteiger partial charge is 0.271 e. The van der Waals surface area contributed by atoms with E-state index in [2.05, 4.69) is 15.5 Å². The maximum atomic E-state index is 14.0. The lowest BCUT2D eigenvalue weighted by atomic mass is 10.0. The molecule has 114 valence electrons. The molecule has 3 N–H and O–H groups in total. The van der Waals surface area contributed by atoms with Gasteiger partial charge in [0.05, 0.1) is 6.04 Å². The second-order valence-electron chi connectivity index (χ2n) is 5.26. The van der Waals surface area contributed by atoms with Crippen LogP contribution in [-0.4, -0.2) is 14.8 Å². The molecule has 5 nitrogen and oxygen atoms in total. The van der Waals surface area contributed by atoms with Crippen LogP contribution in [0.5, 0.6) is 0 Å². The molecule has 1 aromatic heterocycles. The van der Waals surface area contributed by atoms with Crippen LogP contribution in [0.3, 0.4) is 0 Å². The molecule has 0 spiro atoms. The van der Waals surface area contributed by atoms with Crippen molar-refractivity contribution in [3.8, 4) is 0 Å². The molecule has 1 aromatic carbocycles. The lowest BCUT2D eigenvalue weighted by Gasteiger charge is -2.18. The number of hydrazine groups is 1. The van der Waals surface area contributed by atoms with E-state index in [-0.39, 0.29) is 6.04 Å². The number of aromatic nitrogens is 3. The summed E-state index contributed by atoms with van der Waals surface area (Å²) >= 11 is 0. The minimum Gasteiger partial charge on any atom is -0.271 e. The molecule has 0 aliphatic heterocycles. The van der Waals surface area contributed by atoms with Crippen molar-refractivity contribution >= 4 is 0 Å². The monoisotopic (exact) mass is 295 g/mol. The van der Waals surface area contributed by atoms with Crippen molar-refractivity contribution in [1.82, 2.24) is 20.2 Å². The van der Waals surface area contributed by atoms with Gasteiger partial charge in [0.15, 0.2) is 0 Å². The summed E-state index contributed by atoms with van der Waals surface area (Å²) in [5.41, 5.74) is 3.25. The van der Waals surface area contributed by atoms with E-state index in [0.717, 1.165) is 6.07 Å². The average molecular weight is 295 g/mol. The number of nitrogens with zero attached hydrogens (tertiary/aromatic N) is 3. The molecular formula is C14H19F2N5. The highest BCUT2D eigenvalue weighted by Gasteiger charge is 2.20. The number of halogens is 2. The maximum Gasteiger partial charge on any atom is 0.138 e. The van der Waals surface area contributed by atoms with Gasteiger partial charge >= 0.3 is 0 Å². The molecule has 1 heterocycles. The zero-order valence-corrected chi connectivity index (χ0v) is 12.3. The lowest BCUT2D eigenvalue weighted by molar-refractivity contribution is 0.455.